The number of halogens is 3. The van der Waals surface area contributed by atoms with Gasteiger partial charge in [-0.15, -0.1) is 0 Å². The topological polar surface area (TPSA) is 75.6 Å². The van der Waals surface area contributed by atoms with E-state index in [1.54, 1.807) is 0 Å². The number of aliphatic carboxylic acids is 1. The quantitative estimate of drug-likeness (QED) is 0.800. The zero-order valence-electron chi connectivity index (χ0n) is 9.50. The van der Waals surface area contributed by atoms with E-state index >= 15 is 0 Å². The molecule has 1 aliphatic heterocycles. The number of ether oxygens (including phenoxy) is 1. The summed E-state index contributed by atoms with van der Waals surface area (Å²) < 4.78 is 41.3. The van der Waals surface area contributed by atoms with Crippen LogP contribution < -0.4 is 5.32 Å². The molecule has 8 heteroatoms. The molecule has 0 radical (unpaired) electrons. The van der Waals surface area contributed by atoms with Crippen LogP contribution in [-0.2, 0) is 14.3 Å². The standard InChI is InChI=1S/C10H14F3NO4/c11-10(12,13)9(17)14-7(8(15)16)5-6-3-1-2-4-18-6/h6-7H,1-5H2,(H,14,17)(H,15,16). The van der Waals surface area contributed by atoms with Crippen LogP contribution in [0.5, 0.6) is 0 Å². The molecule has 0 saturated carbocycles. The number of carbonyl (C=O) groups is 2. The van der Waals surface area contributed by atoms with Crippen molar-refractivity contribution in [2.45, 2.75) is 44.0 Å². The summed E-state index contributed by atoms with van der Waals surface area (Å²) in [5, 5.41) is 10.2. The summed E-state index contributed by atoms with van der Waals surface area (Å²) in [6, 6.07) is -1.58. The lowest BCUT2D eigenvalue weighted by Gasteiger charge is -2.25. The average Bonchev–Trinajstić information content (AvgIpc) is 2.28. The molecule has 1 fully saturated rings. The number of nitrogens with one attached hydrogen (secondary N) is 1. The molecule has 2 atom stereocenters. The summed E-state index contributed by atoms with van der Waals surface area (Å²) in [5.41, 5.74) is 0. The molecule has 104 valence electrons. The Hall–Kier alpha value is -1.31. The molecular weight excluding hydrogens is 255 g/mol. The van der Waals surface area contributed by atoms with Crippen LogP contribution in [0.25, 0.3) is 0 Å². The van der Waals surface area contributed by atoms with Crippen LogP contribution in [-0.4, -0.2) is 41.9 Å². The first-order chi connectivity index (χ1) is 8.30. The molecule has 1 rings (SSSR count). The molecule has 0 bridgehead atoms. The number of carboxylic acids is 1. The van der Waals surface area contributed by atoms with Gasteiger partial charge < -0.3 is 15.2 Å². The van der Waals surface area contributed by atoms with Crippen molar-refractivity contribution in [2.24, 2.45) is 0 Å². The second kappa shape index (κ2) is 6.03. The maximum absolute atomic E-state index is 12.0. The van der Waals surface area contributed by atoms with Crippen molar-refractivity contribution < 1.29 is 32.6 Å². The van der Waals surface area contributed by atoms with E-state index in [0.29, 0.717) is 13.0 Å². The second-order valence-corrected chi connectivity index (χ2v) is 4.09. The van der Waals surface area contributed by atoms with Gasteiger partial charge in [0, 0.05) is 13.0 Å². The van der Waals surface area contributed by atoms with Crippen molar-refractivity contribution in [1.82, 2.24) is 5.32 Å². The van der Waals surface area contributed by atoms with Crippen molar-refractivity contribution in [1.29, 1.82) is 0 Å². The Balaban J connectivity index is 2.54. The van der Waals surface area contributed by atoms with Crippen molar-refractivity contribution in [3.05, 3.63) is 0 Å². The van der Waals surface area contributed by atoms with Gasteiger partial charge >= 0.3 is 18.1 Å². The van der Waals surface area contributed by atoms with E-state index in [2.05, 4.69) is 0 Å². The molecule has 0 aliphatic carbocycles. The summed E-state index contributed by atoms with van der Waals surface area (Å²) >= 11 is 0. The maximum Gasteiger partial charge on any atom is 0.471 e. The molecule has 1 heterocycles. The number of amides is 1. The predicted octanol–water partition coefficient (Wildman–Crippen LogP) is 1.08. The first-order valence-corrected chi connectivity index (χ1v) is 5.53. The molecule has 0 aromatic rings. The van der Waals surface area contributed by atoms with Gasteiger partial charge in [-0.2, -0.15) is 13.2 Å². The Labute approximate surface area is 101 Å². The largest absolute Gasteiger partial charge is 0.480 e. The molecular formula is C10H14F3NO4. The Bertz CT molecular complexity index is 313. The number of alkyl halides is 3. The minimum absolute atomic E-state index is 0.156. The lowest BCUT2D eigenvalue weighted by molar-refractivity contribution is -0.176. The Morgan fingerprint density at radius 1 is 1.39 bits per heavy atom. The van der Waals surface area contributed by atoms with E-state index in [9.17, 15) is 22.8 Å². The van der Waals surface area contributed by atoms with Crippen LogP contribution in [0.4, 0.5) is 13.2 Å². The summed E-state index contributed by atoms with van der Waals surface area (Å²) in [6.45, 7) is 0.463. The van der Waals surface area contributed by atoms with Crippen LogP contribution in [0.1, 0.15) is 25.7 Å². The third-order valence-electron chi connectivity index (χ3n) is 2.63. The predicted molar refractivity (Wildman–Crippen MR) is 53.8 cm³/mol. The Kier molecular flexibility index (Phi) is 4.94. The SMILES string of the molecule is O=C(O)C(CC1CCCCO1)NC(=O)C(F)(F)F. The molecule has 1 amide bonds. The Morgan fingerprint density at radius 3 is 2.50 bits per heavy atom. The fourth-order valence-electron chi connectivity index (χ4n) is 1.72. The van der Waals surface area contributed by atoms with Crippen molar-refractivity contribution in [3.63, 3.8) is 0 Å². The van der Waals surface area contributed by atoms with E-state index < -0.39 is 30.2 Å². The highest BCUT2D eigenvalue weighted by Gasteiger charge is 2.41. The van der Waals surface area contributed by atoms with Gasteiger partial charge in [0.15, 0.2) is 0 Å². The second-order valence-electron chi connectivity index (χ2n) is 4.09. The van der Waals surface area contributed by atoms with Gasteiger partial charge in [-0.25, -0.2) is 4.79 Å². The van der Waals surface area contributed by atoms with E-state index in [4.69, 9.17) is 9.84 Å². The van der Waals surface area contributed by atoms with E-state index in [0.717, 1.165) is 12.8 Å². The molecule has 2 N–H and O–H groups in total. The minimum Gasteiger partial charge on any atom is -0.480 e. The smallest absolute Gasteiger partial charge is 0.471 e. The van der Waals surface area contributed by atoms with Gasteiger partial charge in [-0.3, -0.25) is 4.79 Å². The molecule has 0 aromatic heterocycles. The average molecular weight is 269 g/mol. The summed E-state index contributed by atoms with van der Waals surface area (Å²) in [4.78, 5) is 21.5. The van der Waals surface area contributed by atoms with Crippen molar-refractivity contribution in [3.8, 4) is 0 Å². The molecule has 2 unspecified atom stereocenters. The Morgan fingerprint density at radius 2 is 2.06 bits per heavy atom. The minimum atomic E-state index is -5.08. The summed E-state index contributed by atoms with van der Waals surface area (Å²) in [6.07, 6.45) is -3.38. The van der Waals surface area contributed by atoms with Crippen LogP contribution in [0.2, 0.25) is 0 Å². The van der Waals surface area contributed by atoms with Gasteiger partial charge in [-0.1, -0.05) is 0 Å². The van der Waals surface area contributed by atoms with Gasteiger partial charge in [0.1, 0.15) is 6.04 Å². The molecule has 1 saturated heterocycles. The number of carbonyl (C=O) groups excluding carboxylic acids is 1. The monoisotopic (exact) mass is 269 g/mol. The molecule has 1 aliphatic rings. The molecule has 0 aromatic carbocycles. The van der Waals surface area contributed by atoms with Gasteiger partial charge in [0.25, 0.3) is 0 Å². The van der Waals surface area contributed by atoms with Crippen LogP contribution >= 0.6 is 0 Å². The van der Waals surface area contributed by atoms with Crippen molar-refractivity contribution >= 4 is 11.9 Å². The third kappa shape index (κ3) is 4.52. The van der Waals surface area contributed by atoms with Crippen LogP contribution in [0.15, 0.2) is 0 Å². The van der Waals surface area contributed by atoms with Gasteiger partial charge in [-0.05, 0) is 19.3 Å². The van der Waals surface area contributed by atoms with Crippen LogP contribution in [0, 0.1) is 0 Å². The number of hydrogen-bond acceptors (Lipinski definition) is 3. The van der Waals surface area contributed by atoms with Gasteiger partial charge in [0.05, 0.1) is 6.10 Å². The normalized spacial score (nSPS) is 22.3. The fourth-order valence-corrected chi connectivity index (χ4v) is 1.72. The van der Waals surface area contributed by atoms with Crippen LogP contribution in [0.3, 0.4) is 0 Å². The molecule has 0 spiro atoms. The van der Waals surface area contributed by atoms with Crippen molar-refractivity contribution in [2.75, 3.05) is 6.61 Å². The molecule has 5 nitrogen and oxygen atoms in total. The summed E-state index contributed by atoms with van der Waals surface area (Å²) in [7, 11) is 0. The maximum atomic E-state index is 12.0. The fraction of sp³-hybridized carbons (Fsp3) is 0.800. The van der Waals surface area contributed by atoms with Gasteiger partial charge in [0.2, 0.25) is 0 Å². The highest BCUT2D eigenvalue weighted by atomic mass is 19.4. The lowest BCUT2D eigenvalue weighted by Crippen LogP contribution is -2.48. The van der Waals surface area contributed by atoms with E-state index in [1.165, 1.54) is 5.32 Å². The highest BCUT2D eigenvalue weighted by molar-refractivity contribution is 5.86. The van der Waals surface area contributed by atoms with E-state index in [-0.39, 0.29) is 6.42 Å². The first kappa shape index (κ1) is 14.7. The number of rotatable bonds is 4. The highest BCUT2D eigenvalue weighted by Crippen LogP contribution is 2.19. The number of hydrogen-bond donors (Lipinski definition) is 2. The number of carboxylic acid groups (broad SMARTS) is 1. The summed E-state index contributed by atoms with van der Waals surface area (Å²) in [5.74, 6) is -3.74. The zero-order chi connectivity index (χ0) is 13.8. The zero-order valence-corrected chi connectivity index (χ0v) is 9.50. The van der Waals surface area contributed by atoms with E-state index in [1.807, 2.05) is 0 Å². The third-order valence-corrected chi connectivity index (χ3v) is 2.63. The lowest BCUT2D eigenvalue weighted by atomic mass is 10.0. The first-order valence-electron chi connectivity index (χ1n) is 5.53. The molecule has 18 heavy (non-hydrogen) atoms.